The maximum Gasteiger partial charge on any atom is 0.290 e. The van der Waals surface area contributed by atoms with Crippen LogP contribution in [0.4, 0.5) is 0 Å². The minimum absolute atomic E-state index is 0.0639. The van der Waals surface area contributed by atoms with Crippen molar-refractivity contribution in [3.8, 4) is 0 Å². The predicted octanol–water partition coefficient (Wildman–Crippen LogP) is 3.86. The monoisotopic (exact) mass is 334 g/mol. The molecule has 5 rings (SSSR count). The van der Waals surface area contributed by atoms with Crippen molar-refractivity contribution in [2.45, 2.75) is 38.3 Å². The summed E-state index contributed by atoms with van der Waals surface area (Å²) in [4.78, 5) is 15.4. The second kappa shape index (κ2) is 5.60. The molecular weight excluding hydrogens is 312 g/mol. The molecule has 2 unspecified atom stereocenters. The zero-order chi connectivity index (χ0) is 17.0. The first-order chi connectivity index (χ1) is 12.2. The van der Waals surface area contributed by atoms with Crippen molar-refractivity contribution in [1.29, 1.82) is 0 Å². The van der Waals surface area contributed by atoms with Gasteiger partial charge in [-0.05, 0) is 38.1 Å². The Balaban J connectivity index is 1.64. The Morgan fingerprint density at radius 1 is 1.08 bits per heavy atom. The van der Waals surface area contributed by atoms with Crippen molar-refractivity contribution in [1.82, 2.24) is 10.2 Å². The number of fused-ring (bicyclic) bond motifs is 5. The molecule has 1 N–H and O–H groups in total. The van der Waals surface area contributed by atoms with E-state index in [1.54, 1.807) is 0 Å². The molecule has 4 heteroatoms. The number of nitrogens with one attached hydrogen (secondary N) is 1. The number of carbonyl (C=O) groups is 1. The summed E-state index contributed by atoms with van der Waals surface area (Å²) in [5.74, 6) is 0.583. The van der Waals surface area contributed by atoms with E-state index < -0.39 is 0 Å². The fourth-order valence-corrected chi connectivity index (χ4v) is 4.58. The fraction of sp³-hybridized carbons (Fsp3) is 0.381. The Morgan fingerprint density at radius 2 is 1.92 bits per heavy atom. The summed E-state index contributed by atoms with van der Waals surface area (Å²) in [7, 11) is 0. The van der Waals surface area contributed by atoms with Crippen LogP contribution in [0.25, 0.3) is 21.7 Å². The molecule has 2 aliphatic heterocycles. The number of furan rings is 1. The molecule has 0 saturated carbocycles. The maximum absolute atomic E-state index is 13.3. The molecule has 2 fully saturated rings. The summed E-state index contributed by atoms with van der Waals surface area (Å²) in [6.45, 7) is 3.89. The van der Waals surface area contributed by atoms with Crippen molar-refractivity contribution in [3.63, 3.8) is 0 Å². The fourth-order valence-electron chi connectivity index (χ4n) is 4.58. The van der Waals surface area contributed by atoms with Crippen LogP contribution in [-0.4, -0.2) is 36.0 Å². The Labute approximate surface area is 146 Å². The third-order valence-electron chi connectivity index (χ3n) is 5.91. The van der Waals surface area contributed by atoms with E-state index in [1.807, 2.05) is 19.1 Å². The number of benzene rings is 2. The number of carbonyl (C=O) groups excluding carboxylic acids is 1. The van der Waals surface area contributed by atoms with Gasteiger partial charge in [0.05, 0.1) is 0 Å². The number of hydrogen-bond acceptors (Lipinski definition) is 3. The van der Waals surface area contributed by atoms with Crippen LogP contribution >= 0.6 is 0 Å². The van der Waals surface area contributed by atoms with Gasteiger partial charge in [-0.25, -0.2) is 0 Å². The summed E-state index contributed by atoms with van der Waals surface area (Å²) in [5.41, 5.74) is 1.79. The smallest absolute Gasteiger partial charge is 0.290 e. The molecule has 0 aliphatic carbocycles. The van der Waals surface area contributed by atoms with Crippen LogP contribution in [0, 0.1) is 6.92 Å². The first kappa shape index (κ1) is 15.0. The van der Waals surface area contributed by atoms with Crippen LogP contribution in [0.1, 0.15) is 35.4 Å². The molecule has 2 atom stereocenters. The quantitative estimate of drug-likeness (QED) is 0.735. The van der Waals surface area contributed by atoms with Crippen molar-refractivity contribution in [2.75, 3.05) is 13.1 Å². The summed E-state index contributed by atoms with van der Waals surface area (Å²) < 4.78 is 6.18. The normalized spacial score (nSPS) is 23.3. The molecule has 3 aromatic rings. The maximum atomic E-state index is 13.3. The average molecular weight is 334 g/mol. The molecule has 1 aromatic heterocycles. The van der Waals surface area contributed by atoms with Crippen LogP contribution < -0.4 is 5.32 Å². The highest BCUT2D eigenvalue weighted by molar-refractivity contribution is 6.09. The molecule has 0 spiro atoms. The summed E-state index contributed by atoms with van der Waals surface area (Å²) >= 11 is 0. The van der Waals surface area contributed by atoms with Gasteiger partial charge in [0.15, 0.2) is 5.76 Å². The van der Waals surface area contributed by atoms with Gasteiger partial charge in [-0.15, -0.1) is 0 Å². The van der Waals surface area contributed by atoms with Gasteiger partial charge in [-0.3, -0.25) is 4.79 Å². The van der Waals surface area contributed by atoms with E-state index in [0.717, 1.165) is 59.7 Å². The average Bonchev–Trinajstić information content (AvgIpc) is 3.10. The molecule has 4 nitrogen and oxygen atoms in total. The van der Waals surface area contributed by atoms with E-state index in [1.165, 1.54) is 0 Å². The minimum Gasteiger partial charge on any atom is -0.450 e. The highest BCUT2D eigenvalue weighted by Crippen LogP contribution is 2.35. The van der Waals surface area contributed by atoms with Gasteiger partial charge in [0.25, 0.3) is 5.91 Å². The lowest BCUT2D eigenvalue weighted by Crippen LogP contribution is -2.42. The Kier molecular flexibility index (Phi) is 3.35. The predicted molar refractivity (Wildman–Crippen MR) is 98.9 cm³/mol. The first-order valence-electron chi connectivity index (χ1n) is 9.18. The van der Waals surface area contributed by atoms with Crippen LogP contribution in [0.3, 0.4) is 0 Å². The van der Waals surface area contributed by atoms with Crippen molar-refractivity contribution >= 4 is 27.6 Å². The lowest BCUT2D eigenvalue weighted by Gasteiger charge is -2.27. The molecule has 2 aliphatic rings. The highest BCUT2D eigenvalue weighted by Gasteiger charge is 2.40. The number of amides is 1. The molecule has 1 amide bonds. The van der Waals surface area contributed by atoms with E-state index in [-0.39, 0.29) is 5.91 Å². The molecule has 2 aromatic carbocycles. The summed E-state index contributed by atoms with van der Waals surface area (Å²) in [5, 5.41) is 6.71. The van der Waals surface area contributed by atoms with E-state index >= 15 is 0 Å². The Morgan fingerprint density at radius 3 is 2.84 bits per heavy atom. The summed E-state index contributed by atoms with van der Waals surface area (Å²) in [6, 6.07) is 13.0. The van der Waals surface area contributed by atoms with Crippen molar-refractivity contribution < 1.29 is 9.21 Å². The molecule has 25 heavy (non-hydrogen) atoms. The molecule has 0 radical (unpaired) electrons. The second-order valence-corrected chi connectivity index (χ2v) is 7.31. The summed E-state index contributed by atoms with van der Waals surface area (Å²) in [6.07, 6.45) is 3.23. The van der Waals surface area contributed by atoms with E-state index in [4.69, 9.17) is 4.42 Å². The minimum atomic E-state index is 0.0639. The lowest BCUT2D eigenvalue weighted by atomic mass is 10.1. The van der Waals surface area contributed by atoms with Crippen LogP contribution in [0.5, 0.6) is 0 Å². The molecule has 2 bridgehead atoms. The largest absolute Gasteiger partial charge is 0.450 e. The highest BCUT2D eigenvalue weighted by atomic mass is 16.3. The van der Waals surface area contributed by atoms with Gasteiger partial charge in [0, 0.05) is 35.0 Å². The second-order valence-electron chi connectivity index (χ2n) is 7.31. The van der Waals surface area contributed by atoms with E-state index in [2.05, 4.69) is 34.5 Å². The number of hydrogen-bond donors (Lipinski definition) is 1. The van der Waals surface area contributed by atoms with Crippen LogP contribution in [0.2, 0.25) is 0 Å². The van der Waals surface area contributed by atoms with Crippen LogP contribution in [0.15, 0.2) is 40.8 Å². The van der Waals surface area contributed by atoms with E-state index in [0.29, 0.717) is 17.8 Å². The number of rotatable bonds is 1. The van der Waals surface area contributed by atoms with Gasteiger partial charge in [-0.2, -0.15) is 0 Å². The van der Waals surface area contributed by atoms with Gasteiger partial charge < -0.3 is 14.6 Å². The third kappa shape index (κ3) is 2.20. The van der Waals surface area contributed by atoms with Gasteiger partial charge in [-0.1, -0.05) is 36.4 Å². The van der Waals surface area contributed by atoms with Crippen molar-refractivity contribution in [2.24, 2.45) is 0 Å². The molecule has 3 heterocycles. The zero-order valence-electron chi connectivity index (χ0n) is 14.4. The standard InChI is InChI=1S/C21H22N2O2/c1-13-17-9-6-14-4-2-3-5-18(14)20(17)25-19(13)21(24)23-15-7-8-16(23)12-22-11-10-15/h2-6,9,15-16,22H,7-8,10-12H2,1H3. The first-order valence-corrected chi connectivity index (χ1v) is 9.18. The van der Waals surface area contributed by atoms with Gasteiger partial charge in [0.2, 0.25) is 0 Å². The van der Waals surface area contributed by atoms with Gasteiger partial charge >= 0.3 is 0 Å². The Bertz CT molecular complexity index is 961. The van der Waals surface area contributed by atoms with E-state index in [9.17, 15) is 4.79 Å². The zero-order valence-corrected chi connectivity index (χ0v) is 14.4. The number of nitrogens with zero attached hydrogens (tertiary/aromatic N) is 1. The Hall–Kier alpha value is -2.33. The molecular formula is C21H22N2O2. The third-order valence-corrected chi connectivity index (χ3v) is 5.91. The SMILES string of the molecule is Cc1c(C(=O)N2C3CCNCC2CC3)oc2c1ccc1ccccc12. The molecule has 2 saturated heterocycles. The number of aryl methyl sites for hydroxylation is 1. The topological polar surface area (TPSA) is 45.5 Å². The van der Waals surface area contributed by atoms with Crippen molar-refractivity contribution in [3.05, 3.63) is 47.7 Å². The molecule has 128 valence electrons. The van der Waals surface area contributed by atoms with Gasteiger partial charge in [0.1, 0.15) is 5.58 Å². The lowest BCUT2D eigenvalue weighted by molar-refractivity contribution is 0.0649. The van der Waals surface area contributed by atoms with Crippen LogP contribution in [-0.2, 0) is 0 Å².